The Hall–Kier alpha value is -1.26. The summed E-state index contributed by atoms with van der Waals surface area (Å²) >= 11 is 0. The molecule has 0 radical (unpaired) electrons. The minimum Gasteiger partial charge on any atom is -0.464 e. The maximum Gasteiger partial charge on any atom is 0.423 e. The van der Waals surface area contributed by atoms with Crippen molar-refractivity contribution in [1.82, 2.24) is 10.9 Å². The highest BCUT2D eigenvalue weighted by Crippen LogP contribution is 2.11. The highest BCUT2D eigenvalue weighted by molar-refractivity contribution is 5.82. The minimum absolute atomic E-state index is 0.728. The molecule has 0 fully saturated rings. The summed E-state index contributed by atoms with van der Waals surface area (Å²) in [5, 5.41) is 8.23. The molecule has 64 valence electrons. The number of hydrogen-bond donors (Lipinski definition) is 3. The predicted octanol–water partition coefficient (Wildman–Crippen LogP) is 0.331. The Morgan fingerprint density at radius 3 is 2.36 bits per heavy atom. The summed E-state index contributed by atoms with van der Waals surface area (Å²) in [6.45, 7) is -5.49. The Morgan fingerprint density at radius 2 is 2.00 bits per heavy atom. The van der Waals surface area contributed by atoms with E-state index in [4.69, 9.17) is 13.3 Å². The number of carbonyl (C=O) groups is 2. The van der Waals surface area contributed by atoms with Gasteiger partial charge in [0.2, 0.25) is 5.91 Å². The average molecular weight is 166 g/mol. The molecule has 5 heteroatoms. The number of hydrogen-bond acceptors (Lipinski definition) is 2. The molecule has 0 bridgehead atoms. The van der Waals surface area contributed by atoms with E-state index in [0.717, 1.165) is 6.92 Å². The molecule has 5 nitrogen and oxygen atoms in total. The van der Waals surface area contributed by atoms with Gasteiger partial charge in [-0.05, 0) is 0 Å². The van der Waals surface area contributed by atoms with E-state index in [2.05, 4.69) is 0 Å². The lowest BCUT2D eigenvalue weighted by Crippen LogP contribution is -2.46. The molecule has 11 heavy (non-hydrogen) atoms. The summed E-state index contributed by atoms with van der Waals surface area (Å²) in [5.41, 5.74) is 0.234. The first-order chi connectivity index (χ1) is 7.34. The molecule has 0 saturated carbocycles. The molecule has 0 aromatic rings. The van der Waals surface area contributed by atoms with E-state index < -0.39 is 31.1 Å². The van der Waals surface area contributed by atoms with Crippen LogP contribution in [0.4, 0.5) is 4.79 Å². The average Bonchev–Trinajstić information content (AvgIpc) is 2.08. The molecular weight excluding hydrogens is 148 g/mol. The lowest BCUT2D eigenvalue weighted by molar-refractivity contribution is -0.129. The van der Waals surface area contributed by atoms with Crippen LogP contribution in [-0.4, -0.2) is 17.1 Å². The van der Waals surface area contributed by atoms with Crippen LogP contribution in [0.15, 0.2) is 0 Å². The highest BCUT2D eigenvalue weighted by Gasteiger charge is 2.20. The molecular formula is C6H12N2O3. The molecule has 0 aliphatic rings. The van der Waals surface area contributed by atoms with Gasteiger partial charge in [0.25, 0.3) is 0 Å². The number of hydrazine groups is 1. The fourth-order valence-electron chi connectivity index (χ4n) is 0.235. The molecule has 0 atom stereocenters. The zero-order chi connectivity index (χ0) is 14.1. The highest BCUT2D eigenvalue weighted by atomic mass is 16.4. The number of nitrogens with one attached hydrogen (secondary N) is 2. The van der Waals surface area contributed by atoms with Crippen LogP contribution in [0.2, 0.25) is 0 Å². The molecule has 0 saturated heterocycles. The summed E-state index contributed by atoms with van der Waals surface area (Å²) < 4.78 is 42.6. The summed E-state index contributed by atoms with van der Waals surface area (Å²) in [7, 11) is 0. The zero-order valence-corrected chi connectivity index (χ0v) is 5.76. The van der Waals surface area contributed by atoms with Gasteiger partial charge in [-0.25, -0.2) is 10.2 Å². The number of rotatable bonds is 0. The van der Waals surface area contributed by atoms with Crippen LogP contribution >= 0.6 is 0 Å². The van der Waals surface area contributed by atoms with E-state index in [1.54, 1.807) is 0 Å². The first kappa shape index (κ1) is 3.42. The van der Waals surface area contributed by atoms with Gasteiger partial charge in [0, 0.05) is 13.6 Å². The molecule has 0 aromatic heterocycles. The molecule has 0 spiro atoms. The molecule has 2 amide bonds. The Morgan fingerprint density at radius 1 is 1.45 bits per heavy atom. The van der Waals surface area contributed by atoms with E-state index in [0.29, 0.717) is 0 Å². The number of carboxylic acid groups (broad SMARTS) is 1. The van der Waals surface area contributed by atoms with Crippen molar-refractivity contribution < 1.29 is 22.9 Å². The summed E-state index contributed by atoms with van der Waals surface area (Å²) in [4.78, 5) is 21.6. The van der Waals surface area contributed by atoms with Crippen molar-refractivity contribution in [2.24, 2.45) is 5.41 Å². The second-order valence-corrected chi connectivity index (χ2v) is 2.01. The Bertz CT molecular complexity index is 309. The molecule has 3 N–H and O–H groups in total. The normalized spacial score (nSPS) is 20.8. The van der Waals surface area contributed by atoms with Gasteiger partial charge in [0.1, 0.15) is 0 Å². The van der Waals surface area contributed by atoms with E-state index in [-0.39, 0.29) is 0 Å². The second kappa shape index (κ2) is 3.23. The van der Waals surface area contributed by atoms with Crippen LogP contribution in [0.1, 0.15) is 28.9 Å². The molecule has 0 heterocycles. The van der Waals surface area contributed by atoms with E-state index in [1.807, 2.05) is 0 Å². The van der Waals surface area contributed by atoms with Gasteiger partial charge in [-0.15, -0.1) is 0 Å². The molecule has 0 aliphatic heterocycles. The third kappa shape index (κ3) is 4.19. The van der Waals surface area contributed by atoms with E-state index >= 15 is 0 Å². The van der Waals surface area contributed by atoms with Gasteiger partial charge in [0.15, 0.2) is 0 Å². The first-order valence-electron chi connectivity index (χ1n) is 5.63. The van der Waals surface area contributed by atoms with E-state index in [9.17, 15) is 9.59 Å². The van der Waals surface area contributed by atoms with Crippen LogP contribution in [-0.2, 0) is 4.79 Å². The van der Waals surface area contributed by atoms with Crippen molar-refractivity contribution >= 4 is 12.0 Å². The fraction of sp³-hybridized carbons (Fsp3) is 0.667. The summed E-state index contributed by atoms with van der Waals surface area (Å²) in [5.74, 6) is -1.44. The first-order valence-corrected chi connectivity index (χ1v) is 2.63. The number of amides is 2. The molecule has 0 unspecified atom stereocenters. The van der Waals surface area contributed by atoms with Crippen LogP contribution in [0.3, 0.4) is 0 Å². The lowest BCUT2D eigenvalue weighted by atomic mass is 9.96. The second-order valence-electron chi connectivity index (χ2n) is 2.01. The largest absolute Gasteiger partial charge is 0.464 e. The maximum atomic E-state index is 11.5. The van der Waals surface area contributed by atoms with Crippen molar-refractivity contribution in [3.63, 3.8) is 0 Å². The van der Waals surface area contributed by atoms with Crippen molar-refractivity contribution in [1.29, 1.82) is 0 Å². The maximum absolute atomic E-state index is 11.5. The summed E-state index contributed by atoms with van der Waals surface area (Å²) in [6, 6.07) is 0. The molecule has 0 rings (SSSR count). The standard InChI is InChI=1S/C6H12N2O3/c1-6(2,3)4(9)7-8-5(10)11/h8H,1-3H3,(H,7,9)(H,10,11)/i1D3,2D3. The monoisotopic (exact) mass is 166 g/mol. The van der Waals surface area contributed by atoms with Crippen LogP contribution < -0.4 is 10.9 Å². The fourth-order valence-corrected chi connectivity index (χ4v) is 0.235. The smallest absolute Gasteiger partial charge is 0.423 e. The van der Waals surface area contributed by atoms with Gasteiger partial charge >= 0.3 is 6.09 Å². The van der Waals surface area contributed by atoms with Gasteiger partial charge in [-0.1, -0.05) is 20.6 Å². The van der Waals surface area contributed by atoms with Crippen molar-refractivity contribution in [2.75, 3.05) is 0 Å². The van der Waals surface area contributed by atoms with E-state index in [1.165, 1.54) is 10.9 Å². The van der Waals surface area contributed by atoms with Crippen molar-refractivity contribution in [3.05, 3.63) is 0 Å². The third-order valence-electron chi connectivity index (χ3n) is 0.737. The SMILES string of the molecule is [2H]C([2H])([2H])C(C)(C(=O)NNC(=O)O)C([2H])([2H])[2H]. The number of carbonyl (C=O) groups excluding carboxylic acids is 1. The zero-order valence-electron chi connectivity index (χ0n) is 11.8. The van der Waals surface area contributed by atoms with Crippen LogP contribution in [0.5, 0.6) is 0 Å². The van der Waals surface area contributed by atoms with Gasteiger partial charge in [-0.3, -0.25) is 10.2 Å². The van der Waals surface area contributed by atoms with Crippen LogP contribution in [0, 0.1) is 5.41 Å². The predicted molar refractivity (Wildman–Crippen MR) is 38.8 cm³/mol. The third-order valence-corrected chi connectivity index (χ3v) is 0.737. The Labute approximate surface area is 73.2 Å². The van der Waals surface area contributed by atoms with Crippen molar-refractivity contribution in [2.45, 2.75) is 20.6 Å². The summed E-state index contributed by atoms with van der Waals surface area (Å²) in [6.07, 6.45) is -1.64. The van der Waals surface area contributed by atoms with Gasteiger partial charge < -0.3 is 5.11 Å². The van der Waals surface area contributed by atoms with Gasteiger partial charge in [-0.2, -0.15) is 0 Å². The van der Waals surface area contributed by atoms with Crippen LogP contribution in [0.25, 0.3) is 0 Å². The molecule has 0 aromatic carbocycles. The Balaban J connectivity index is 5.23. The molecule has 0 aliphatic carbocycles. The quantitative estimate of drug-likeness (QED) is 0.454. The van der Waals surface area contributed by atoms with Crippen molar-refractivity contribution in [3.8, 4) is 0 Å². The van der Waals surface area contributed by atoms with Gasteiger partial charge in [0.05, 0.1) is 0 Å². The topological polar surface area (TPSA) is 78.4 Å². The minimum atomic E-state index is -3.11. The Kier molecular flexibility index (Phi) is 1.00. The lowest BCUT2D eigenvalue weighted by Gasteiger charge is -2.16.